The molecule has 0 aromatic heterocycles. The highest BCUT2D eigenvalue weighted by molar-refractivity contribution is 5.50. The van der Waals surface area contributed by atoms with Gasteiger partial charge in [0.1, 0.15) is 17.2 Å². The molecule has 1 aliphatic rings. The van der Waals surface area contributed by atoms with Crippen LogP contribution in [-0.2, 0) is 0 Å². The average Bonchev–Trinajstić information content (AvgIpc) is 2.28. The van der Waals surface area contributed by atoms with Crippen molar-refractivity contribution in [2.24, 2.45) is 11.7 Å². The van der Waals surface area contributed by atoms with E-state index in [-0.39, 0.29) is 23.2 Å². The van der Waals surface area contributed by atoms with Crippen LogP contribution in [0.1, 0.15) is 24.4 Å². The zero-order valence-corrected chi connectivity index (χ0v) is 9.56. The smallest absolute Gasteiger partial charge is 0.127 e. The van der Waals surface area contributed by atoms with Crippen LogP contribution in [0.3, 0.4) is 0 Å². The average molecular weight is 238 g/mol. The van der Waals surface area contributed by atoms with Crippen LogP contribution < -0.4 is 11.1 Å². The van der Waals surface area contributed by atoms with E-state index in [1.54, 1.807) is 0 Å². The number of phenols is 3. The predicted octanol–water partition coefficient (Wildman–Crippen LogP) is 0.803. The molecule has 6 N–H and O–H groups in total. The van der Waals surface area contributed by atoms with Crippen LogP contribution in [0, 0.1) is 5.92 Å². The van der Waals surface area contributed by atoms with Crippen LogP contribution in [0.25, 0.3) is 0 Å². The SMILES string of the molecule is N[C@@H](c1c(O)cc(O)cc1O)C1CCNCC1. The van der Waals surface area contributed by atoms with E-state index < -0.39 is 6.04 Å². The molecule has 1 aromatic carbocycles. The monoisotopic (exact) mass is 238 g/mol. The maximum Gasteiger partial charge on any atom is 0.127 e. The number of hydrogen-bond acceptors (Lipinski definition) is 5. The van der Waals surface area contributed by atoms with Crippen molar-refractivity contribution >= 4 is 0 Å². The second-order valence-electron chi connectivity index (χ2n) is 4.51. The Bertz CT molecular complexity index is 380. The first-order chi connectivity index (χ1) is 8.09. The van der Waals surface area contributed by atoms with Crippen LogP contribution in [0.2, 0.25) is 0 Å². The van der Waals surface area contributed by atoms with E-state index in [1.165, 1.54) is 12.1 Å². The maximum atomic E-state index is 9.76. The van der Waals surface area contributed by atoms with E-state index in [4.69, 9.17) is 5.73 Å². The normalized spacial score (nSPS) is 19.1. The van der Waals surface area contributed by atoms with Crippen molar-refractivity contribution in [3.05, 3.63) is 17.7 Å². The quantitative estimate of drug-likeness (QED) is 0.525. The number of rotatable bonds is 2. The Labute approximate surface area is 99.9 Å². The molecule has 5 nitrogen and oxygen atoms in total. The number of nitrogens with two attached hydrogens (primary N) is 1. The van der Waals surface area contributed by atoms with Crippen molar-refractivity contribution in [2.75, 3.05) is 13.1 Å². The van der Waals surface area contributed by atoms with Crippen LogP contribution in [0.5, 0.6) is 17.2 Å². The Hall–Kier alpha value is -1.46. The van der Waals surface area contributed by atoms with Gasteiger partial charge in [-0.1, -0.05) is 0 Å². The molecule has 0 saturated carbocycles. The number of phenolic OH excluding ortho intramolecular Hbond substituents is 3. The zero-order chi connectivity index (χ0) is 12.4. The van der Waals surface area contributed by atoms with Gasteiger partial charge >= 0.3 is 0 Å². The van der Waals surface area contributed by atoms with Crippen molar-refractivity contribution < 1.29 is 15.3 Å². The van der Waals surface area contributed by atoms with E-state index >= 15 is 0 Å². The van der Waals surface area contributed by atoms with Gasteiger partial charge in [-0.2, -0.15) is 0 Å². The Morgan fingerprint density at radius 2 is 1.65 bits per heavy atom. The molecular weight excluding hydrogens is 220 g/mol. The third-order valence-corrected chi connectivity index (χ3v) is 3.35. The van der Waals surface area contributed by atoms with Gasteiger partial charge in [0.25, 0.3) is 0 Å². The Morgan fingerprint density at radius 1 is 1.12 bits per heavy atom. The van der Waals surface area contributed by atoms with Crippen LogP contribution >= 0.6 is 0 Å². The number of nitrogens with one attached hydrogen (secondary N) is 1. The van der Waals surface area contributed by atoms with Gasteiger partial charge in [0.05, 0.1) is 5.56 Å². The van der Waals surface area contributed by atoms with E-state index in [9.17, 15) is 15.3 Å². The van der Waals surface area contributed by atoms with Gasteiger partial charge in [0, 0.05) is 18.2 Å². The maximum absolute atomic E-state index is 9.76. The van der Waals surface area contributed by atoms with Gasteiger partial charge in [-0.15, -0.1) is 0 Å². The van der Waals surface area contributed by atoms with Gasteiger partial charge in [-0.3, -0.25) is 0 Å². The second kappa shape index (κ2) is 4.81. The highest BCUT2D eigenvalue weighted by Gasteiger charge is 2.26. The second-order valence-corrected chi connectivity index (χ2v) is 4.51. The van der Waals surface area contributed by atoms with E-state index in [0.29, 0.717) is 5.56 Å². The van der Waals surface area contributed by atoms with Crippen molar-refractivity contribution in [1.29, 1.82) is 0 Å². The molecule has 1 saturated heterocycles. The summed E-state index contributed by atoms with van der Waals surface area (Å²) >= 11 is 0. The van der Waals surface area contributed by atoms with Crippen molar-refractivity contribution in [2.45, 2.75) is 18.9 Å². The number of benzene rings is 1. The molecule has 2 rings (SSSR count). The zero-order valence-electron chi connectivity index (χ0n) is 9.56. The van der Waals surface area contributed by atoms with E-state index in [2.05, 4.69) is 5.32 Å². The fraction of sp³-hybridized carbons (Fsp3) is 0.500. The summed E-state index contributed by atoms with van der Waals surface area (Å²) in [5.41, 5.74) is 6.42. The van der Waals surface area contributed by atoms with Crippen LogP contribution in [0.15, 0.2) is 12.1 Å². The molecule has 0 radical (unpaired) electrons. The van der Waals surface area contributed by atoms with E-state index in [1.807, 2.05) is 0 Å². The minimum Gasteiger partial charge on any atom is -0.508 e. The third-order valence-electron chi connectivity index (χ3n) is 3.35. The highest BCUT2D eigenvalue weighted by atomic mass is 16.3. The van der Waals surface area contributed by atoms with Gasteiger partial charge < -0.3 is 26.4 Å². The summed E-state index contributed by atoms with van der Waals surface area (Å²) in [6, 6.07) is 2.00. The molecule has 0 amide bonds. The molecule has 5 heteroatoms. The van der Waals surface area contributed by atoms with Crippen molar-refractivity contribution in [3.8, 4) is 17.2 Å². The fourth-order valence-corrected chi connectivity index (χ4v) is 2.39. The molecule has 1 atom stereocenters. The van der Waals surface area contributed by atoms with Gasteiger partial charge in [0.15, 0.2) is 0 Å². The van der Waals surface area contributed by atoms with Gasteiger partial charge in [-0.05, 0) is 31.8 Å². The third kappa shape index (κ3) is 2.45. The molecule has 17 heavy (non-hydrogen) atoms. The topological polar surface area (TPSA) is 98.7 Å². The van der Waals surface area contributed by atoms with Gasteiger partial charge in [0.2, 0.25) is 0 Å². The molecule has 1 heterocycles. The highest BCUT2D eigenvalue weighted by Crippen LogP contribution is 2.40. The molecule has 1 fully saturated rings. The molecule has 1 aliphatic heterocycles. The molecule has 0 unspecified atom stereocenters. The van der Waals surface area contributed by atoms with Gasteiger partial charge in [-0.25, -0.2) is 0 Å². The summed E-state index contributed by atoms with van der Waals surface area (Å²) < 4.78 is 0. The minimum absolute atomic E-state index is 0.145. The summed E-state index contributed by atoms with van der Waals surface area (Å²) in [5, 5.41) is 32.0. The fourth-order valence-electron chi connectivity index (χ4n) is 2.39. The molecule has 0 spiro atoms. The molecule has 1 aromatic rings. The Morgan fingerprint density at radius 3 is 2.18 bits per heavy atom. The molecular formula is C12H18N2O3. The van der Waals surface area contributed by atoms with Crippen LogP contribution in [-0.4, -0.2) is 28.4 Å². The summed E-state index contributed by atoms with van der Waals surface area (Å²) in [7, 11) is 0. The Balaban J connectivity index is 2.26. The lowest BCUT2D eigenvalue weighted by molar-refractivity contribution is 0.308. The summed E-state index contributed by atoms with van der Waals surface area (Å²) in [5.74, 6) is -0.221. The molecule has 94 valence electrons. The molecule has 0 bridgehead atoms. The first-order valence-corrected chi connectivity index (χ1v) is 5.80. The molecule has 0 aliphatic carbocycles. The lowest BCUT2D eigenvalue weighted by Gasteiger charge is -2.29. The largest absolute Gasteiger partial charge is 0.508 e. The number of hydrogen-bond donors (Lipinski definition) is 5. The number of piperidine rings is 1. The van der Waals surface area contributed by atoms with Crippen molar-refractivity contribution in [3.63, 3.8) is 0 Å². The summed E-state index contributed by atoms with van der Waals surface area (Å²) in [6.45, 7) is 1.80. The van der Waals surface area contributed by atoms with Crippen molar-refractivity contribution in [1.82, 2.24) is 5.32 Å². The lowest BCUT2D eigenvalue weighted by Crippen LogP contribution is -2.33. The van der Waals surface area contributed by atoms with Crippen LogP contribution in [0.4, 0.5) is 0 Å². The summed E-state index contributed by atoms with van der Waals surface area (Å²) in [6.07, 6.45) is 1.84. The standard InChI is InChI=1S/C12H18N2O3/c13-12(7-1-3-14-4-2-7)11-9(16)5-8(15)6-10(11)17/h5-7,12,14-17H,1-4,13H2/t12-/m1/s1. The minimum atomic E-state index is -0.405. The lowest BCUT2D eigenvalue weighted by atomic mass is 9.86. The summed E-state index contributed by atoms with van der Waals surface area (Å²) in [4.78, 5) is 0. The Kier molecular flexibility index (Phi) is 3.40. The predicted molar refractivity (Wildman–Crippen MR) is 64.0 cm³/mol. The van der Waals surface area contributed by atoms with E-state index in [0.717, 1.165) is 25.9 Å². The first-order valence-electron chi connectivity index (χ1n) is 5.80. The number of aromatic hydroxyl groups is 3. The first kappa shape index (κ1) is 12.0.